The summed E-state index contributed by atoms with van der Waals surface area (Å²) in [5, 5.41) is 22.5. The lowest BCUT2D eigenvalue weighted by Crippen LogP contribution is -2.38. The fourth-order valence-electron chi connectivity index (χ4n) is 4.91. The quantitative estimate of drug-likeness (QED) is 0.285. The number of carbonyl (C=O) groups excluding carboxylic acids is 2. The topological polar surface area (TPSA) is 143 Å². The van der Waals surface area contributed by atoms with Crippen molar-refractivity contribution >= 4 is 68.8 Å². The highest BCUT2D eigenvalue weighted by atomic mass is 35.5. The molecule has 1 aliphatic heterocycles. The Labute approximate surface area is 260 Å². The van der Waals surface area contributed by atoms with Gasteiger partial charge in [0.05, 0.1) is 47.6 Å². The number of Topliss-reactive ketones (excluding diaryl/α,β-unsaturated/α-hetero) is 1. The normalized spacial score (nSPS) is 16.7. The van der Waals surface area contributed by atoms with Crippen LogP contribution in [0.25, 0.3) is 0 Å². The summed E-state index contributed by atoms with van der Waals surface area (Å²) in [6, 6.07) is 12.4. The molecule has 1 aliphatic carbocycles. The lowest BCUT2D eigenvalue weighted by Gasteiger charge is -2.38. The number of nitrogens with zero attached hydrogens (tertiary/aromatic N) is 4. The maximum Gasteiger partial charge on any atom is 0.234 e. The van der Waals surface area contributed by atoms with Crippen LogP contribution in [0.3, 0.4) is 0 Å². The molecular weight excluding hydrogens is 619 g/mol. The molecular formula is C28H24Cl2N6O4S2. The molecule has 1 amide bonds. The molecule has 216 valence electrons. The van der Waals surface area contributed by atoms with Gasteiger partial charge in [0.1, 0.15) is 17.3 Å². The second-order valence-corrected chi connectivity index (χ2v) is 12.2. The predicted octanol–water partition coefficient (Wildman–Crippen LogP) is 5.90. The van der Waals surface area contributed by atoms with E-state index in [0.717, 1.165) is 0 Å². The summed E-state index contributed by atoms with van der Waals surface area (Å²) >= 11 is 15.2. The summed E-state index contributed by atoms with van der Waals surface area (Å²) in [6.07, 6.45) is 1.50. The zero-order valence-corrected chi connectivity index (χ0v) is 25.6. The number of nitriles is 1. The first kappa shape index (κ1) is 29.7. The number of methoxy groups -OCH3 is 2. The maximum absolute atomic E-state index is 13.3. The van der Waals surface area contributed by atoms with Gasteiger partial charge in [-0.15, -0.1) is 10.2 Å². The number of allylic oxidation sites excluding steroid dienone is 3. The van der Waals surface area contributed by atoms with Crippen LogP contribution in [0.1, 0.15) is 30.7 Å². The molecule has 0 radical (unpaired) electrons. The molecule has 0 fully saturated rings. The van der Waals surface area contributed by atoms with E-state index in [9.17, 15) is 14.9 Å². The average molecular weight is 644 g/mol. The second kappa shape index (κ2) is 12.6. The van der Waals surface area contributed by atoms with Crippen LogP contribution in [0.15, 0.2) is 63.4 Å². The third-order valence-electron chi connectivity index (χ3n) is 6.75. The highest BCUT2D eigenvalue weighted by Gasteiger charge is 2.42. The molecule has 42 heavy (non-hydrogen) atoms. The molecule has 1 unspecified atom stereocenters. The van der Waals surface area contributed by atoms with Gasteiger partial charge in [-0.3, -0.25) is 14.5 Å². The molecule has 3 N–H and O–H groups in total. The van der Waals surface area contributed by atoms with Crippen molar-refractivity contribution in [3.63, 3.8) is 0 Å². The van der Waals surface area contributed by atoms with Crippen LogP contribution in [0, 0.1) is 11.3 Å². The number of ether oxygens (including phenoxy) is 2. The number of nitrogens with two attached hydrogens (primary N) is 1. The number of rotatable bonds is 8. The van der Waals surface area contributed by atoms with Gasteiger partial charge in [-0.2, -0.15) is 5.26 Å². The minimum Gasteiger partial charge on any atom is -0.497 e. The Morgan fingerprint density at radius 2 is 1.95 bits per heavy atom. The number of carbonyl (C=O) groups is 2. The Balaban J connectivity index is 1.41. The molecule has 1 aromatic heterocycles. The Hall–Kier alpha value is -3.76. The molecule has 3 aromatic rings. The zero-order valence-electron chi connectivity index (χ0n) is 22.4. The summed E-state index contributed by atoms with van der Waals surface area (Å²) in [5.74, 6) is 0.192. The number of amides is 1. The van der Waals surface area contributed by atoms with Crippen molar-refractivity contribution in [3.05, 3.63) is 74.7 Å². The number of hydrogen-bond donors (Lipinski definition) is 2. The number of ketones is 1. The zero-order chi connectivity index (χ0) is 30.0. The molecule has 5 rings (SSSR count). The largest absolute Gasteiger partial charge is 0.497 e. The summed E-state index contributed by atoms with van der Waals surface area (Å²) in [6.45, 7) is 0. The monoisotopic (exact) mass is 642 g/mol. The Morgan fingerprint density at radius 1 is 1.21 bits per heavy atom. The summed E-state index contributed by atoms with van der Waals surface area (Å²) in [7, 11) is 3.06. The van der Waals surface area contributed by atoms with E-state index < -0.39 is 5.92 Å². The summed E-state index contributed by atoms with van der Waals surface area (Å²) in [4.78, 5) is 27.6. The van der Waals surface area contributed by atoms with Crippen molar-refractivity contribution in [1.82, 2.24) is 10.2 Å². The number of aromatic nitrogens is 2. The van der Waals surface area contributed by atoms with E-state index in [4.69, 9.17) is 38.4 Å². The molecule has 10 nitrogen and oxygen atoms in total. The minimum absolute atomic E-state index is 0.0602. The summed E-state index contributed by atoms with van der Waals surface area (Å²) in [5.41, 5.74) is 8.96. The molecule has 1 atom stereocenters. The third-order valence-corrected chi connectivity index (χ3v) is 9.63. The maximum atomic E-state index is 13.3. The van der Waals surface area contributed by atoms with Crippen molar-refractivity contribution in [2.24, 2.45) is 5.73 Å². The van der Waals surface area contributed by atoms with E-state index in [1.165, 1.54) is 37.3 Å². The number of halogens is 2. The van der Waals surface area contributed by atoms with E-state index >= 15 is 0 Å². The van der Waals surface area contributed by atoms with Crippen LogP contribution >= 0.6 is 46.3 Å². The van der Waals surface area contributed by atoms with Gasteiger partial charge >= 0.3 is 0 Å². The SMILES string of the molecule is COc1cc(NC(=O)CSc2nnc(N3C(N)=C(C#N)C(c4cccc(Cl)c4Cl)C4=C3CCCC4=O)s2)cc(OC)c1. The van der Waals surface area contributed by atoms with Crippen molar-refractivity contribution in [2.75, 3.05) is 30.2 Å². The first-order chi connectivity index (χ1) is 20.2. The Kier molecular flexibility index (Phi) is 8.93. The van der Waals surface area contributed by atoms with Crippen LogP contribution in [0.5, 0.6) is 11.5 Å². The van der Waals surface area contributed by atoms with E-state index in [2.05, 4.69) is 21.6 Å². The van der Waals surface area contributed by atoms with Gasteiger partial charge in [0.25, 0.3) is 0 Å². The molecule has 2 aliphatic rings. The van der Waals surface area contributed by atoms with E-state index in [1.54, 1.807) is 41.3 Å². The van der Waals surface area contributed by atoms with Gasteiger partial charge in [-0.1, -0.05) is 58.4 Å². The van der Waals surface area contributed by atoms with Crippen molar-refractivity contribution in [3.8, 4) is 17.6 Å². The highest BCUT2D eigenvalue weighted by molar-refractivity contribution is 8.01. The number of anilines is 2. The number of benzene rings is 2. The second-order valence-electron chi connectivity index (χ2n) is 9.25. The van der Waals surface area contributed by atoms with Gasteiger partial charge in [0.15, 0.2) is 10.1 Å². The van der Waals surface area contributed by atoms with Crippen LogP contribution in [0.2, 0.25) is 10.0 Å². The number of hydrogen-bond acceptors (Lipinski definition) is 11. The van der Waals surface area contributed by atoms with Crippen molar-refractivity contribution in [1.29, 1.82) is 5.26 Å². The van der Waals surface area contributed by atoms with Crippen molar-refractivity contribution in [2.45, 2.75) is 29.5 Å². The predicted molar refractivity (Wildman–Crippen MR) is 163 cm³/mol. The average Bonchev–Trinajstić information content (AvgIpc) is 3.45. The molecule has 2 aromatic carbocycles. The van der Waals surface area contributed by atoms with Gasteiger partial charge in [-0.25, -0.2) is 0 Å². The van der Waals surface area contributed by atoms with Crippen molar-refractivity contribution < 1.29 is 19.1 Å². The Morgan fingerprint density at radius 3 is 2.64 bits per heavy atom. The fraction of sp³-hybridized carbons (Fsp3) is 0.250. The first-order valence-electron chi connectivity index (χ1n) is 12.6. The van der Waals surface area contributed by atoms with Gasteiger partial charge < -0.3 is 20.5 Å². The molecule has 0 spiro atoms. The molecule has 2 heterocycles. The fourth-order valence-corrected chi connectivity index (χ4v) is 7.01. The van der Waals surface area contributed by atoms with Gasteiger partial charge in [0, 0.05) is 41.6 Å². The van der Waals surface area contributed by atoms with Crippen LogP contribution in [0.4, 0.5) is 10.8 Å². The van der Waals surface area contributed by atoms with Crippen LogP contribution in [-0.4, -0.2) is 41.9 Å². The molecule has 0 saturated carbocycles. The lowest BCUT2D eigenvalue weighted by molar-refractivity contribution is -0.116. The van der Waals surface area contributed by atoms with E-state index in [0.29, 0.717) is 67.8 Å². The molecule has 14 heteroatoms. The van der Waals surface area contributed by atoms with Crippen LogP contribution < -0.4 is 25.4 Å². The number of nitrogens with one attached hydrogen (secondary N) is 1. The number of thioether (sulfide) groups is 1. The molecule has 0 saturated heterocycles. The van der Waals surface area contributed by atoms with Gasteiger partial charge in [-0.05, 0) is 24.5 Å². The first-order valence-corrected chi connectivity index (χ1v) is 15.2. The highest BCUT2D eigenvalue weighted by Crippen LogP contribution is 2.49. The van der Waals surface area contributed by atoms with Gasteiger partial charge in [0.2, 0.25) is 11.0 Å². The molecule has 0 bridgehead atoms. The smallest absolute Gasteiger partial charge is 0.234 e. The summed E-state index contributed by atoms with van der Waals surface area (Å²) < 4.78 is 11.0. The standard InChI is InChI=1S/C28H24Cl2N6O4S2/c1-39-15-9-14(10-16(11-15)40-2)33-22(38)13-41-28-35-34-27(42-28)36-20-7-4-8-21(37)24(20)23(18(12-31)26(36)32)17-5-3-6-19(29)25(17)30/h3,5-6,9-11,23H,4,7-8,13,32H2,1-2H3,(H,33,38). The lowest BCUT2D eigenvalue weighted by atomic mass is 9.76. The van der Waals surface area contributed by atoms with E-state index in [1.807, 2.05) is 0 Å². The minimum atomic E-state index is -0.749. The van der Waals surface area contributed by atoms with E-state index in [-0.39, 0.29) is 33.9 Å². The van der Waals surface area contributed by atoms with Crippen LogP contribution in [-0.2, 0) is 9.59 Å². The third kappa shape index (κ3) is 5.78. The Bertz CT molecular complexity index is 1660.